The van der Waals surface area contributed by atoms with Crippen molar-refractivity contribution in [1.29, 1.82) is 0 Å². The summed E-state index contributed by atoms with van der Waals surface area (Å²) in [6.45, 7) is 1.39. The topological polar surface area (TPSA) is 91.7 Å². The van der Waals surface area contributed by atoms with E-state index in [9.17, 15) is 14.4 Å². The quantitative estimate of drug-likeness (QED) is 0.479. The third kappa shape index (κ3) is 5.82. The van der Waals surface area contributed by atoms with Crippen molar-refractivity contribution in [3.63, 3.8) is 0 Å². The first-order chi connectivity index (χ1) is 17.5. The molecule has 4 rings (SSSR count). The number of carbonyl (C=O) groups is 3. The normalized spacial score (nSPS) is 14.6. The molecule has 1 aliphatic rings. The molecule has 0 unspecified atom stereocenters. The van der Waals surface area contributed by atoms with Crippen LogP contribution in [0.15, 0.2) is 71.3 Å². The zero-order valence-electron chi connectivity index (χ0n) is 20.2. The maximum Gasteiger partial charge on any atom is 0.287 e. The average molecular weight is 492 g/mol. The third-order valence-corrected chi connectivity index (χ3v) is 6.47. The van der Waals surface area contributed by atoms with Crippen LogP contribution in [0.3, 0.4) is 0 Å². The van der Waals surface area contributed by atoms with Crippen molar-refractivity contribution in [2.45, 2.75) is 51.1 Å². The number of benzene rings is 2. The van der Waals surface area contributed by atoms with E-state index in [0.29, 0.717) is 5.56 Å². The monoisotopic (exact) mass is 491 g/mol. The largest absolute Gasteiger partial charge is 0.459 e. The highest BCUT2D eigenvalue weighted by Crippen LogP contribution is 2.32. The molecule has 188 valence electrons. The van der Waals surface area contributed by atoms with Gasteiger partial charge >= 0.3 is 0 Å². The Morgan fingerprint density at radius 1 is 1.00 bits per heavy atom. The molecule has 2 N–H and O–H groups in total. The summed E-state index contributed by atoms with van der Waals surface area (Å²) in [5, 5.41) is 5.62. The molecule has 0 spiro atoms. The van der Waals surface area contributed by atoms with Crippen molar-refractivity contribution in [2.24, 2.45) is 0 Å². The van der Waals surface area contributed by atoms with Gasteiger partial charge in [-0.25, -0.2) is 4.39 Å². The maximum atomic E-state index is 15.1. The zero-order chi connectivity index (χ0) is 25.5. The molecular formula is C28H30FN3O4. The number of halogens is 1. The van der Waals surface area contributed by atoms with Gasteiger partial charge in [0, 0.05) is 6.04 Å². The minimum Gasteiger partial charge on any atom is -0.459 e. The summed E-state index contributed by atoms with van der Waals surface area (Å²) in [4.78, 5) is 41.0. The Bertz CT molecular complexity index is 1210. The van der Waals surface area contributed by atoms with Gasteiger partial charge in [0.25, 0.3) is 5.91 Å². The first-order valence-electron chi connectivity index (χ1n) is 12.2. The Hall–Kier alpha value is -3.94. The van der Waals surface area contributed by atoms with Crippen LogP contribution in [-0.2, 0) is 9.59 Å². The first-order valence-corrected chi connectivity index (χ1v) is 12.2. The van der Waals surface area contributed by atoms with Gasteiger partial charge in [-0.2, -0.15) is 0 Å². The van der Waals surface area contributed by atoms with Gasteiger partial charge in [-0.05, 0) is 55.2 Å². The number of para-hydroxylation sites is 1. The molecule has 3 aromatic rings. The van der Waals surface area contributed by atoms with Gasteiger partial charge in [-0.15, -0.1) is 0 Å². The summed E-state index contributed by atoms with van der Waals surface area (Å²) < 4.78 is 20.2. The number of amides is 3. The number of nitrogens with zero attached hydrogens (tertiary/aromatic N) is 1. The van der Waals surface area contributed by atoms with Crippen LogP contribution in [0.4, 0.5) is 10.1 Å². The minimum atomic E-state index is -1.13. The number of carbonyl (C=O) groups excluding carboxylic acids is 3. The molecule has 1 saturated carbocycles. The highest BCUT2D eigenvalue weighted by Gasteiger charge is 2.36. The number of hydrogen-bond acceptors (Lipinski definition) is 4. The van der Waals surface area contributed by atoms with E-state index < -0.39 is 30.2 Å². The van der Waals surface area contributed by atoms with Crippen LogP contribution in [0.2, 0.25) is 0 Å². The predicted octanol–water partition coefficient (Wildman–Crippen LogP) is 4.68. The fourth-order valence-corrected chi connectivity index (χ4v) is 4.62. The second-order valence-electron chi connectivity index (χ2n) is 8.98. The van der Waals surface area contributed by atoms with E-state index >= 15 is 4.39 Å². The van der Waals surface area contributed by atoms with Gasteiger partial charge in [0.1, 0.15) is 11.9 Å². The van der Waals surface area contributed by atoms with Gasteiger partial charge in [-0.1, -0.05) is 55.7 Å². The molecule has 8 heteroatoms. The molecule has 7 nitrogen and oxygen atoms in total. The SMILES string of the molecule is Cc1ccccc1[C@H](C(=O)NC1CCCCC1)N(C(=O)CNC(=O)c1ccco1)c1ccccc1F. The molecule has 36 heavy (non-hydrogen) atoms. The second-order valence-corrected chi connectivity index (χ2v) is 8.98. The molecule has 0 saturated heterocycles. The minimum absolute atomic E-state index is 0.00556. The van der Waals surface area contributed by atoms with E-state index in [0.717, 1.165) is 42.6 Å². The number of anilines is 1. The smallest absolute Gasteiger partial charge is 0.287 e. The Morgan fingerprint density at radius 3 is 2.42 bits per heavy atom. The highest BCUT2D eigenvalue weighted by molar-refractivity contribution is 6.04. The van der Waals surface area contributed by atoms with Crippen molar-refractivity contribution in [1.82, 2.24) is 10.6 Å². The van der Waals surface area contributed by atoms with Crippen LogP contribution < -0.4 is 15.5 Å². The number of furan rings is 1. The molecule has 0 aliphatic heterocycles. The molecule has 0 bridgehead atoms. The van der Waals surface area contributed by atoms with E-state index in [-0.39, 0.29) is 23.4 Å². The Morgan fingerprint density at radius 2 is 1.72 bits per heavy atom. The summed E-state index contributed by atoms with van der Waals surface area (Å²) in [5.41, 5.74) is 1.33. The molecule has 1 fully saturated rings. The third-order valence-electron chi connectivity index (χ3n) is 6.47. The van der Waals surface area contributed by atoms with E-state index in [4.69, 9.17) is 4.42 Å². The van der Waals surface area contributed by atoms with Crippen LogP contribution >= 0.6 is 0 Å². The molecular weight excluding hydrogens is 461 g/mol. The van der Waals surface area contributed by atoms with Crippen molar-refractivity contribution in [2.75, 3.05) is 11.4 Å². The Balaban J connectivity index is 1.70. The summed E-state index contributed by atoms with van der Waals surface area (Å²) in [6.07, 6.45) is 6.25. The second kappa shape index (κ2) is 11.7. The number of aryl methyl sites for hydroxylation is 1. The average Bonchev–Trinajstić information content (AvgIpc) is 3.43. The summed E-state index contributed by atoms with van der Waals surface area (Å²) in [7, 11) is 0. The lowest BCUT2D eigenvalue weighted by Gasteiger charge is -2.34. The molecule has 0 radical (unpaired) electrons. The first kappa shape index (κ1) is 25.2. The lowest BCUT2D eigenvalue weighted by Crippen LogP contribution is -2.50. The number of rotatable bonds is 8. The summed E-state index contributed by atoms with van der Waals surface area (Å²) in [6, 6.07) is 15.0. The highest BCUT2D eigenvalue weighted by atomic mass is 19.1. The predicted molar refractivity (Wildman–Crippen MR) is 134 cm³/mol. The van der Waals surface area contributed by atoms with E-state index in [1.165, 1.54) is 30.5 Å². The maximum absolute atomic E-state index is 15.1. The summed E-state index contributed by atoms with van der Waals surface area (Å²) in [5.74, 6) is -2.20. The van der Waals surface area contributed by atoms with Crippen LogP contribution in [0.1, 0.15) is 59.8 Å². The molecule has 1 aromatic heterocycles. The van der Waals surface area contributed by atoms with Crippen LogP contribution in [-0.4, -0.2) is 30.3 Å². The van der Waals surface area contributed by atoms with E-state index in [1.54, 1.807) is 24.3 Å². The molecule has 2 aromatic carbocycles. The van der Waals surface area contributed by atoms with E-state index in [1.807, 2.05) is 19.1 Å². The Kier molecular flexibility index (Phi) is 8.15. The van der Waals surface area contributed by atoms with Gasteiger partial charge in [-0.3, -0.25) is 19.3 Å². The van der Waals surface area contributed by atoms with Crippen molar-refractivity contribution in [3.8, 4) is 0 Å². The van der Waals surface area contributed by atoms with Crippen molar-refractivity contribution in [3.05, 3.63) is 89.6 Å². The fourth-order valence-electron chi connectivity index (χ4n) is 4.62. The number of hydrogen-bond donors (Lipinski definition) is 2. The zero-order valence-corrected chi connectivity index (χ0v) is 20.2. The summed E-state index contributed by atoms with van der Waals surface area (Å²) >= 11 is 0. The molecule has 1 aliphatic carbocycles. The van der Waals surface area contributed by atoms with Crippen LogP contribution in [0, 0.1) is 12.7 Å². The molecule has 3 amide bonds. The molecule has 1 heterocycles. The van der Waals surface area contributed by atoms with Crippen LogP contribution in [0.25, 0.3) is 0 Å². The van der Waals surface area contributed by atoms with Crippen LogP contribution in [0.5, 0.6) is 0 Å². The van der Waals surface area contributed by atoms with Crippen molar-refractivity contribution >= 4 is 23.4 Å². The standard InChI is InChI=1S/C28H30FN3O4/c1-19-10-5-6-13-21(19)26(28(35)31-20-11-3-2-4-12-20)32(23-15-8-7-14-22(23)29)25(33)18-30-27(34)24-16-9-17-36-24/h5-10,13-17,20,26H,2-4,11-12,18H2,1H3,(H,30,34)(H,31,35)/t26-/m1/s1. The molecule has 1 atom stereocenters. The van der Waals surface area contributed by atoms with E-state index in [2.05, 4.69) is 10.6 Å². The van der Waals surface area contributed by atoms with Gasteiger partial charge in [0.15, 0.2) is 5.76 Å². The lowest BCUT2D eigenvalue weighted by molar-refractivity contribution is -0.127. The van der Waals surface area contributed by atoms with Crippen molar-refractivity contribution < 1.29 is 23.2 Å². The van der Waals surface area contributed by atoms with Gasteiger partial charge in [0.2, 0.25) is 11.8 Å². The number of nitrogens with one attached hydrogen (secondary N) is 2. The van der Waals surface area contributed by atoms with Gasteiger partial charge < -0.3 is 15.1 Å². The lowest BCUT2D eigenvalue weighted by atomic mass is 9.93. The van der Waals surface area contributed by atoms with Gasteiger partial charge in [0.05, 0.1) is 18.5 Å². The Labute approximate surface area is 209 Å². The fraction of sp³-hybridized carbons (Fsp3) is 0.321.